The summed E-state index contributed by atoms with van der Waals surface area (Å²) in [6.07, 6.45) is 24.1. The van der Waals surface area contributed by atoms with Gasteiger partial charge in [-0.1, -0.05) is 116 Å². The van der Waals surface area contributed by atoms with Crippen molar-refractivity contribution in [2.24, 2.45) is 0 Å². The maximum atomic E-state index is 11.8. The fourth-order valence-electron chi connectivity index (χ4n) is 4.17. The van der Waals surface area contributed by atoms with Crippen molar-refractivity contribution in [3.63, 3.8) is 0 Å². The normalized spacial score (nSPS) is 11.0. The van der Waals surface area contributed by atoms with Crippen LogP contribution in [0.5, 0.6) is 11.5 Å². The highest BCUT2D eigenvalue weighted by atomic mass is 16.5. The minimum atomic E-state index is -0.318. The molecule has 0 fully saturated rings. The first-order valence-electron chi connectivity index (χ1n) is 13.3. The van der Waals surface area contributed by atoms with Crippen LogP contribution >= 0.6 is 0 Å². The summed E-state index contributed by atoms with van der Waals surface area (Å²) in [5.74, 6) is -0.408. The van der Waals surface area contributed by atoms with Gasteiger partial charge in [0.1, 0.15) is 11.5 Å². The number of phenols is 2. The van der Waals surface area contributed by atoms with Crippen LogP contribution in [0.2, 0.25) is 0 Å². The zero-order chi connectivity index (χ0) is 23.3. The lowest BCUT2D eigenvalue weighted by Gasteiger charge is -2.06. The van der Waals surface area contributed by atoms with E-state index in [4.69, 9.17) is 4.74 Å². The van der Waals surface area contributed by atoms with Crippen LogP contribution < -0.4 is 0 Å². The number of unbranched alkanes of at least 4 members (excludes halogenated alkanes) is 17. The van der Waals surface area contributed by atoms with E-state index in [1.807, 2.05) is 0 Å². The fraction of sp³-hybridized carbons (Fsp3) is 0.750. The van der Waals surface area contributed by atoms with Crippen LogP contribution in [0, 0.1) is 0 Å². The van der Waals surface area contributed by atoms with Gasteiger partial charge in [0.25, 0.3) is 0 Å². The molecule has 0 unspecified atom stereocenters. The largest absolute Gasteiger partial charge is 0.508 e. The number of carbonyl (C=O) groups is 1. The molecule has 0 heterocycles. The van der Waals surface area contributed by atoms with Crippen molar-refractivity contribution >= 4 is 5.97 Å². The number of rotatable bonds is 21. The summed E-state index contributed by atoms with van der Waals surface area (Å²) in [6.45, 7) is 2.72. The van der Waals surface area contributed by atoms with E-state index in [0.29, 0.717) is 12.2 Å². The number of esters is 1. The van der Waals surface area contributed by atoms with Crippen molar-refractivity contribution in [3.8, 4) is 11.5 Å². The van der Waals surface area contributed by atoms with Crippen molar-refractivity contribution in [3.05, 3.63) is 23.8 Å². The SMILES string of the molecule is CCCCCCCCCCCCCCCCCCCCOC(=O)Cc1cc(O)cc(O)c1. The quantitative estimate of drug-likeness (QED) is 0.147. The summed E-state index contributed by atoms with van der Waals surface area (Å²) in [6, 6.07) is 4.18. The first-order valence-corrected chi connectivity index (χ1v) is 13.3. The lowest BCUT2D eigenvalue weighted by molar-refractivity contribution is -0.142. The van der Waals surface area contributed by atoms with Crippen LogP contribution in [-0.2, 0) is 16.0 Å². The van der Waals surface area contributed by atoms with Gasteiger partial charge < -0.3 is 14.9 Å². The van der Waals surface area contributed by atoms with E-state index in [1.165, 1.54) is 121 Å². The molecule has 0 aliphatic rings. The topological polar surface area (TPSA) is 66.8 Å². The predicted octanol–water partition coefficient (Wildman–Crippen LogP) is 8.23. The van der Waals surface area contributed by atoms with Gasteiger partial charge in [0.05, 0.1) is 13.0 Å². The van der Waals surface area contributed by atoms with E-state index >= 15 is 0 Å². The van der Waals surface area contributed by atoms with Gasteiger partial charge in [0, 0.05) is 6.07 Å². The van der Waals surface area contributed by atoms with Crippen molar-refractivity contribution in [1.82, 2.24) is 0 Å². The second kappa shape index (κ2) is 19.9. The molecule has 0 atom stereocenters. The van der Waals surface area contributed by atoms with Crippen molar-refractivity contribution < 1.29 is 19.7 Å². The summed E-state index contributed by atoms with van der Waals surface area (Å²) in [5.41, 5.74) is 0.560. The number of carbonyl (C=O) groups excluding carboxylic acids is 1. The molecule has 0 amide bonds. The maximum absolute atomic E-state index is 11.8. The standard InChI is InChI=1S/C28H48O4/c1-2-3-4-5-6-7-8-9-10-11-12-13-14-15-16-17-18-19-20-32-28(31)23-25-21-26(29)24-27(30)22-25/h21-22,24,29-30H,2-20,23H2,1H3. The first-order chi connectivity index (χ1) is 15.6. The van der Waals surface area contributed by atoms with Gasteiger partial charge in [0.2, 0.25) is 0 Å². The van der Waals surface area contributed by atoms with Gasteiger partial charge in [-0.25, -0.2) is 0 Å². The summed E-state index contributed by atoms with van der Waals surface area (Å²) >= 11 is 0. The molecule has 0 radical (unpaired) electrons. The Labute approximate surface area is 196 Å². The molecule has 32 heavy (non-hydrogen) atoms. The van der Waals surface area contributed by atoms with E-state index < -0.39 is 0 Å². The number of ether oxygens (including phenoxy) is 1. The Morgan fingerprint density at radius 2 is 1.00 bits per heavy atom. The third kappa shape index (κ3) is 16.9. The molecule has 184 valence electrons. The van der Waals surface area contributed by atoms with Crippen LogP contribution in [0.3, 0.4) is 0 Å². The highest BCUT2D eigenvalue weighted by Crippen LogP contribution is 2.21. The number of hydrogen-bond donors (Lipinski definition) is 2. The van der Waals surface area contributed by atoms with E-state index in [1.54, 1.807) is 0 Å². The Bertz CT molecular complexity index is 565. The Morgan fingerprint density at radius 1 is 0.625 bits per heavy atom. The van der Waals surface area contributed by atoms with Crippen molar-refractivity contribution in [2.45, 2.75) is 129 Å². The Balaban J connectivity index is 1.79. The second-order valence-corrected chi connectivity index (χ2v) is 9.27. The molecule has 1 aromatic rings. The zero-order valence-corrected chi connectivity index (χ0v) is 20.6. The molecule has 4 nitrogen and oxygen atoms in total. The lowest BCUT2D eigenvalue weighted by Crippen LogP contribution is -2.09. The summed E-state index contributed by atoms with van der Waals surface area (Å²) in [4.78, 5) is 11.8. The number of phenolic OH excluding ortho intramolecular Hbond substituents is 2. The molecular weight excluding hydrogens is 400 g/mol. The molecule has 0 spiro atoms. The average molecular weight is 449 g/mol. The molecule has 0 saturated carbocycles. The third-order valence-corrected chi connectivity index (χ3v) is 6.07. The third-order valence-electron chi connectivity index (χ3n) is 6.07. The van der Waals surface area contributed by atoms with Crippen molar-refractivity contribution in [2.75, 3.05) is 6.61 Å². The van der Waals surface area contributed by atoms with Crippen LogP contribution in [0.15, 0.2) is 18.2 Å². The molecule has 4 heteroatoms. The smallest absolute Gasteiger partial charge is 0.310 e. The Kier molecular flexibility index (Phi) is 17.6. The minimum Gasteiger partial charge on any atom is -0.508 e. The van der Waals surface area contributed by atoms with Gasteiger partial charge in [-0.3, -0.25) is 4.79 Å². The molecule has 0 aliphatic carbocycles. The molecular formula is C28H48O4. The monoisotopic (exact) mass is 448 g/mol. The number of aromatic hydroxyl groups is 2. The van der Waals surface area contributed by atoms with Gasteiger partial charge in [-0.15, -0.1) is 0 Å². The Hall–Kier alpha value is -1.71. The second-order valence-electron chi connectivity index (χ2n) is 9.27. The molecule has 0 aromatic heterocycles. The fourth-order valence-corrected chi connectivity index (χ4v) is 4.17. The molecule has 1 rings (SSSR count). The van der Waals surface area contributed by atoms with Gasteiger partial charge in [-0.05, 0) is 24.1 Å². The van der Waals surface area contributed by atoms with Gasteiger partial charge in [0.15, 0.2) is 0 Å². The van der Waals surface area contributed by atoms with E-state index in [-0.39, 0.29) is 23.9 Å². The molecule has 1 aromatic carbocycles. The first kappa shape index (κ1) is 28.3. The van der Waals surface area contributed by atoms with E-state index in [0.717, 1.165) is 12.8 Å². The molecule has 0 saturated heterocycles. The summed E-state index contributed by atoms with van der Waals surface area (Å²) in [7, 11) is 0. The van der Waals surface area contributed by atoms with Crippen LogP contribution in [0.1, 0.15) is 128 Å². The molecule has 0 aliphatic heterocycles. The highest BCUT2D eigenvalue weighted by Gasteiger charge is 2.07. The number of benzene rings is 1. The lowest BCUT2D eigenvalue weighted by atomic mass is 10.0. The van der Waals surface area contributed by atoms with Crippen LogP contribution in [0.25, 0.3) is 0 Å². The molecule has 2 N–H and O–H groups in total. The predicted molar refractivity (Wildman–Crippen MR) is 133 cm³/mol. The van der Waals surface area contributed by atoms with Crippen LogP contribution in [-0.4, -0.2) is 22.8 Å². The van der Waals surface area contributed by atoms with Crippen LogP contribution in [0.4, 0.5) is 0 Å². The van der Waals surface area contributed by atoms with Gasteiger partial charge >= 0.3 is 5.97 Å². The molecule has 0 bridgehead atoms. The van der Waals surface area contributed by atoms with E-state index in [9.17, 15) is 15.0 Å². The Morgan fingerprint density at radius 3 is 1.41 bits per heavy atom. The zero-order valence-electron chi connectivity index (χ0n) is 20.6. The minimum absolute atomic E-state index is 0.0451. The summed E-state index contributed by atoms with van der Waals surface area (Å²) in [5, 5.41) is 18.9. The maximum Gasteiger partial charge on any atom is 0.310 e. The van der Waals surface area contributed by atoms with E-state index in [2.05, 4.69) is 6.92 Å². The highest BCUT2D eigenvalue weighted by molar-refractivity contribution is 5.72. The average Bonchev–Trinajstić information content (AvgIpc) is 2.74. The number of hydrogen-bond acceptors (Lipinski definition) is 4. The van der Waals surface area contributed by atoms with Gasteiger partial charge in [-0.2, -0.15) is 0 Å². The van der Waals surface area contributed by atoms with Crippen molar-refractivity contribution in [1.29, 1.82) is 0 Å². The summed E-state index contributed by atoms with van der Waals surface area (Å²) < 4.78 is 5.25.